The summed E-state index contributed by atoms with van der Waals surface area (Å²) in [5.41, 5.74) is 3.44. The number of carboxylic acid groups (broad SMARTS) is 1. The van der Waals surface area contributed by atoms with E-state index in [1.54, 1.807) is 0 Å². The molecule has 0 saturated heterocycles. The van der Waals surface area contributed by atoms with E-state index in [0.717, 1.165) is 22.3 Å². The molecule has 2 aromatic rings. The number of fused-ring (bicyclic) bond motifs is 3. The van der Waals surface area contributed by atoms with Crippen molar-refractivity contribution in [1.82, 2.24) is 10.6 Å². The molecule has 0 bridgehead atoms. The molecule has 1 saturated carbocycles. The zero-order chi connectivity index (χ0) is 22.0. The number of carbonyl (C=O) groups is 3. The molecule has 31 heavy (non-hydrogen) atoms. The van der Waals surface area contributed by atoms with Crippen LogP contribution < -0.4 is 10.6 Å². The number of ether oxygens (including phenoxy) is 1. The Kier molecular flexibility index (Phi) is 5.65. The Hall–Kier alpha value is -3.39. The van der Waals surface area contributed by atoms with Crippen LogP contribution in [0.4, 0.5) is 4.79 Å². The van der Waals surface area contributed by atoms with Crippen LogP contribution in [0.2, 0.25) is 0 Å². The minimum atomic E-state index is -1.54. The highest BCUT2D eigenvalue weighted by atomic mass is 16.5. The van der Waals surface area contributed by atoms with E-state index in [1.807, 2.05) is 36.4 Å². The van der Waals surface area contributed by atoms with Gasteiger partial charge in [-0.05, 0) is 35.1 Å². The Morgan fingerprint density at radius 3 is 2.16 bits per heavy atom. The molecule has 0 heterocycles. The highest BCUT2D eigenvalue weighted by Crippen LogP contribution is 2.44. The van der Waals surface area contributed by atoms with Crippen LogP contribution in [0, 0.1) is 0 Å². The summed E-state index contributed by atoms with van der Waals surface area (Å²) in [6.07, 6.45) is -1.36. The molecule has 8 heteroatoms. The smallest absolute Gasteiger partial charge is 0.408 e. The molecule has 0 aromatic heterocycles. The van der Waals surface area contributed by atoms with Crippen molar-refractivity contribution < 1.29 is 29.3 Å². The zero-order valence-electron chi connectivity index (χ0n) is 16.8. The van der Waals surface area contributed by atoms with Gasteiger partial charge in [0, 0.05) is 18.9 Å². The predicted molar refractivity (Wildman–Crippen MR) is 111 cm³/mol. The fourth-order valence-corrected chi connectivity index (χ4v) is 3.98. The molecule has 0 unspecified atom stereocenters. The van der Waals surface area contributed by atoms with Crippen molar-refractivity contribution in [2.45, 2.75) is 36.8 Å². The summed E-state index contributed by atoms with van der Waals surface area (Å²) in [5.74, 6) is -1.81. The van der Waals surface area contributed by atoms with E-state index in [4.69, 9.17) is 9.84 Å². The van der Waals surface area contributed by atoms with Gasteiger partial charge in [-0.1, -0.05) is 48.5 Å². The SMILES string of the molecule is O=C(NC1(C(=O)NCC[C@H](O)C(=O)O)CC1)OCC1c2ccccc2-c2ccccc21. The number of hydrogen-bond donors (Lipinski definition) is 4. The lowest BCUT2D eigenvalue weighted by Gasteiger charge is -2.19. The maximum atomic E-state index is 12.4. The monoisotopic (exact) mass is 424 g/mol. The average Bonchev–Trinajstić information content (AvgIpc) is 3.47. The van der Waals surface area contributed by atoms with Crippen LogP contribution in [0.1, 0.15) is 36.3 Å². The van der Waals surface area contributed by atoms with Gasteiger partial charge < -0.3 is 25.6 Å². The van der Waals surface area contributed by atoms with Crippen molar-refractivity contribution in [2.24, 2.45) is 0 Å². The fraction of sp³-hybridized carbons (Fsp3) is 0.348. The standard InChI is InChI=1S/C23H24N2O6/c26-19(20(27)28)9-12-24-21(29)23(10-11-23)25-22(30)31-13-18-16-7-3-1-5-14(16)15-6-2-4-8-17(15)18/h1-8,18-19,26H,9-13H2,(H,24,29)(H,25,30)(H,27,28)/t19-/m0/s1. The van der Waals surface area contributed by atoms with E-state index in [-0.39, 0.29) is 25.5 Å². The summed E-state index contributed by atoms with van der Waals surface area (Å²) in [6, 6.07) is 16.1. The summed E-state index contributed by atoms with van der Waals surface area (Å²) in [4.78, 5) is 35.4. The first-order chi connectivity index (χ1) is 14.9. The number of amides is 2. The van der Waals surface area contributed by atoms with Gasteiger partial charge in [-0.3, -0.25) is 4.79 Å². The van der Waals surface area contributed by atoms with Crippen molar-refractivity contribution in [3.05, 3.63) is 59.7 Å². The van der Waals surface area contributed by atoms with E-state index >= 15 is 0 Å². The van der Waals surface area contributed by atoms with Crippen LogP contribution in [0.5, 0.6) is 0 Å². The van der Waals surface area contributed by atoms with E-state index in [1.165, 1.54) is 0 Å². The average molecular weight is 424 g/mol. The molecule has 0 aliphatic heterocycles. The Bertz CT molecular complexity index is 971. The van der Waals surface area contributed by atoms with E-state index in [9.17, 15) is 19.5 Å². The van der Waals surface area contributed by atoms with Gasteiger partial charge in [-0.15, -0.1) is 0 Å². The van der Waals surface area contributed by atoms with Crippen molar-refractivity contribution in [3.8, 4) is 11.1 Å². The third-order valence-electron chi connectivity index (χ3n) is 5.86. The summed E-state index contributed by atoms with van der Waals surface area (Å²) in [6.45, 7) is 0.156. The number of benzene rings is 2. The molecule has 4 rings (SSSR count). The second-order valence-corrected chi connectivity index (χ2v) is 7.93. The summed E-state index contributed by atoms with van der Waals surface area (Å²) in [7, 11) is 0. The highest BCUT2D eigenvalue weighted by molar-refractivity contribution is 5.92. The molecular weight excluding hydrogens is 400 g/mol. The lowest BCUT2D eigenvalue weighted by molar-refractivity contribution is -0.147. The van der Waals surface area contributed by atoms with Gasteiger partial charge in [0.15, 0.2) is 6.10 Å². The summed E-state index contributed by atoms with van der Waals surface area (Å²) < 4.78 is 5.49. The summed E-state index contributed by atoms with van der Waals surface area (Å²) >= 11 is 0. The molecule has 162 valence electrons. The normalized spacial score (nSPS) is 16.5. The van der Waals surface area contributed by atoms with Crippen molar-refractivity contribution in [1.29, 1.82) is 0 Å². The number of carbonyl (C=O) groups excluding carboxylic acids is 2. The van der Waals surface area contributed by atoms with Crippen LogP contribution in [-0.2, 0) is 14.3 Å². The number of aliphatic hydroxyl groups excluding tert-OH is 1. The van der Waals surface area contributed by atoms with Crippen LogP contribution in [0.15, 0.2) is 48.5 Å². The van der Waals surface area contributed by atoms with E-state index in [2.05, 4.69) is 22.8 Å². The van der Waals surface area contributed by atoms with E-state index in [0.29, 0.717) is 12.8 Å². The number of rotatable bonds is 8. The number of carboxylic acids is 1. The second-order valence-electron chi connectivity index (χ2n) is 7.93. The van der Waals surface area contributed by atoms with Gasteiger partial charge in [0.05, 0.1) is 0 Å². The maximum Gasteiger partial charge on any atom is 0.408 e. The molecule has 2 aromatic carbocycles. The largest absolute Gasteiger partial charge is 0.479 e. The Morgan fingerprint density at radius 2 is 1.61 bits per heavy atom. The first-order valence-electron chi connectivity index (χ1n) is 10.2. The molecule has 1 fully saturated rings. The molecule has 2 aliphatic carbocycles. The lowest BCUT2D eigenvalue weighted by atomic mass is 9.98. The molecule has 8 nitrogen and oxygen atoms in total. The lowest BCUT2D eigenvalue weighted by Crippen LogP contribution is -2.49. The Morgan fingerprint density at radius 1 is 1.03 bits per heavy atom. The number of hydrogen-bond acceptors (Lipinski definition) is 5. The topological polar surface area (TPSA) is 125 Å². The van der Waals surface area contributed by atoms with Gasteiger partial charge in [0.1, 0.15) is 12.1 Å². The quantitative estimate of drug-likeness (QED) is 0.514. The van der Waals surface area contributed by atoms with Crippen LogP contribution in [0.25, 0.3) is 11.1 Å². The molecule has 1 atom stereocenters. The van der Waals surface area contributed by atoms with Crippen molar-refractivity contribution in [2.75, 3.05) is 13.2 Å². The van der Waals surface area contributed by atoms with Crippen LogP contribution in [0.3, 0.4) is 0 Å². The first kappa shape index (κ1) is 20.9. The fourth-order valence-electron chi connectivity index (χ4n) is 3.98. The third-order valence-corrected chi connectivity index (χ3v) is 5.86. The van der Waals surface area contributed by atoms with Gasteiger partial charge in [0.2, 0.25) is 5.91 Å². The minimum absolute atomic E-state index is 0.000416. The zero-order valence-corrected chi connectivity index (χ0v) is 16.8. The summed E-state index contributed by atoms with van der Waals surface area (Å²) in [5, 5.41) is 23.2. The Labute approximate surface area is 179 Å². The molecule has 2 amide bonds. The van der Waals surface area contributed by atoms with Gasteiger partial charge in [0.25, 0.3) is 0 Å². The molecule has 0 radical (unpaired) electrons. The molecule has 0 spiro atoms. The third kappa shape index (κ3) is 4.25. The maximum absolute atomic E-state index is 12.4. The number of aliphatic hydroxyl groups is 1. The van der Waals surface area contributed by atoms with Crippen molar-refractivity contribution >= 4 is 18.0 Å². The number of alkyl carbamates (subject to hydrolysis) is 1. The van der Waals surface area contributed by atoms with Crippen molar-refractivity contribution in [3.63, 3.8) is 0 Å². The number of nitrogens with one attached hydrogen (secondary N) is 2. The van der Waals surface area contributed by atoms with Gasteiger partial charge >= 0.3 is 12.1 Å². The molecule has 4 N–H and O–H groups in total. The second kappa shape index (κ2) is 8.39. The van der Waals surface area contributed by atoms with Gasteiger partial charge in [-0.2, -0.15) is 0 Å². The van der Waals surface area contributed by atoms with E-state index < -0.39 is 29.6 Å². The van der Waals surface area contributed by atoms with Gasteiger partial charge in [-0.25, -0.2) is 9.59 Å². The highest BCUT2D eigenvalue weighted by Gasteiger charge is 2.51. The van der Waals surface area contributed by atoms with Crippen LogP contribution in [-0.4, -0.2) is 53.0 Å². The first-order valence-corrected chi connectivity index (χ1v) is 10.2. The molecule has 2 aliphatic rings. The molecular formula is C23H24N2O6. The predicted octanol–water partition coefficient (Wildman–Crippen LogP) is 2.01. The van der Waals surface area contributed by atoms with Crippen LogP contribution >= 0.6 is 0 Å². The minimum Gasteiger partial charge on any atom is -0.479 e. The number of aliphatic carboxylic acids is 1. The Balaban J connectivity index is 1.33.